The second-order valence-corrected chi connectivity index (χ2v) is 3.42. The molecular weight excluding hydrogens is 180 g/mol. The van der Waals surface area contributed by atoms with Gasteiger partial charge in [0.05, 0.1) is 6.42 Å². The quantitative estimate of drug-likeness (QED) is 0.506. The van der Waals surface area contributed by atoms with Crippen LogP contribution in [-0.2, 0) is 14.3 Å². The summed E-state index contributed by atoms with van der Waals surface area (Å²) in [5.41, 5.74) is 0.700. The monoisotopic (exact) mass is 194 g/mol. The lowest BCUT2D eigenvalue weighted by molar-refractivity contribution is -0.144. The van der Waals surface area contributed by atoms with Crippen molar-refractivity contribution in [2.45, 2.75) is 26.4 Å². The predicted molar refractivity (Wildman–Crippen MR) is 52.6 cm³/mol. The fourth-order valence-corrected chi connectivity index (χ4v) is 1.47. The average Bonchev–Trinajstić information content (AvgIpc) is 2.44. The van der Waals surface area contributed by atoms with E-state index in [9.17, 15) is 9.59 Å². The van der Waals surface area contributed by atoms with Gasteiger partial charge in [0, 0.05) is 18.4 Å². The lowest BCUT2D eigenvalue weighted by atomic mass is 10.0. The van der Waals surface area contributed by atoms with Crippen molar-refractivity contribution in [2.24, 2.45) is 5.92 Å². The van der Waals surface area contributed by atoms with Gasteiger partial charge in [-0.15, -0.1) is 6.58 Å². The van der Waals surface area contributed by atoms with Crippen molar-refractivity contribution in [2.75, 3.05) is 0 Å². The Morgan fingerprint density at radius 3 is 2.93 bits per heavy atom. The molecule has 2 unspecified atom stereocenters. The Morgan fingerprint density at radius 1 is 1.79 bits per heavy atom. The molecule has 0 aromatic carbocycles. The number of carbonyl (C=O) groups is 2. The number of esters is 1. The summed E-state index contributed by atoms with van der Waals surface area (Å²) in [4.78, 5) is 22.1. The maximum Gasteiger partial charge on any atom is 0.303 e. The largest absolute Gasteiger partial charge is 0.458 e. The van der Waals surface area contributed by atoms with Crippen LogP contribution in [-0.4, -0.2) is 17.9 Å². The molecule has 0 radical (unpaired) electrons. The number of ketones is 1. The lowest BCUT2D eigenvalue weighted by Gasteiger charge is -2.05. The van der Waals surface area contributed by atoms with E-state index in [1.165, 1.54) is 6.92 Å². The molecule has 2 atom stereocenters. The Kier molecular flexibility index (Phi) is 3.23. The third-order valence-electron chi connectivity index (χ3n) is 2.24. The summed E-state index contributed by atoms with van der Waals surface area (Å²) >= 11 is 0. The molecular formula is C11H14O3. The van der Waals surface area contributed by atoms with Crippen LogP contribution in [0.2, 0.25) is 0 Å². The highest BCUT2D eigenvalue weighted by molar-refractivity contribution is 5.99. The molecule has 0 aromatic heterocycles. The van der Waals surface area contributed by atoms with Gasteiger partial charge in [0.15, 0.2) is 5.78 Å². The van der Waals surface area contributed by atoms with Gasteiger partial charge >= 0.3 is 5.97 Å². The first-order valence-electron chi connectivity index (χ1n) is 4.59. The molecule has 0 saturated heterocycles. The van der Waals surface area contributed by atoms with E-state index in [0.29, 0.717) is 5.57 Å². The van der Waals surface area contributed by atoms with Gasteiger partial charge in [0.1, 0.15) is 6.10 Å². The molecule has 0 aliphatic heterocycles. The number of ether oxygens (including phenoxy) is 1. The summed E-state index contributed by atoms with van der Waals surface area (Å²) in [5.74, 6) is -0.279. The Morgan fingerprint density at radius 2 is 2.43 bits per heavy atom. The minimum Gasteiger partial charge on any atom is -0.458 e. The molecule has 1 aliphatic carbocycles. The third kappa shape index (κ3) is 2.31. The fourth-order valence-electron chi connectivity index (χ4n) is 1.47. The molecule has 0 heterocycles. The summed E-state index contributed by atoms with van der Waals surface area (Å²) in [6, 6.07) is 0. The lowest BCUT2D eigenvalue weighted by Crippen LogP contribution is -2.12. The summed E-state index contributed by atoms with van der Waals surface area (Å²) in [7, 11) is 0. The number of hydrogen-bond acceptors (Lipinski definition) is 3. The maximum atomic E-state index is 11.5. The van der Waals surface area contributed by atoms with Gasteiger partial charge in [-0.2, -0.15) is 0 Å². The standard InChI is InChI=1S/C11H14O3/c1-4-7(2)10-5-9(6-11(10)13)14-8(3)12/h4-5,7,9H,1,6H2,2-3H3. The average molecular weight is 194 g/mol. The Balaban J connectivity index is 2.71. The van der Waals surface area contributed by atoms with Crippen molar-refractivity contribution in [3.63, 3.8) is 0 Å². The molecule has 0 saturated carbocycles. The molecule has 1 rings (SSSR count). The molecule has 0 aromatic rings. The SMILES string of the molecule is C=CC(C)C1=CC(OC(C)=O)CC1=O. The zero-order valence-electron chi connectivity index (χ0n) is 8.45. The van der Waals surface area contributed by atoms with Crippen LogP contribution in [0.4, 0.5) is 0 Å². The minimum absolute atomic E-state index is 0.0306. The number of carbonyl (C=O) groups excluding carboxylic acids is 2. The molecule has 3 heteroatoms. The summed E-state index contributed by atoms with van der Waals surface area (Å²) in [6.45, 7) is 6.86. The van der Waals surface area contributed by atoms with E-state index < -0.39 is 0 Å². The first kappa shape index (κ1) is 10.7. The number of allylic oxidation sites excluding steroid dienone is 2. The Bertz CT molecular complexity index is 302. The van der Waals surface area contributed by atoms with E-state index in [0.717, 1.165) is 0 Å². The van der Waals surface area contributed by atoms with E-state index >= 15 is 0 Å². The maximum absolute atomic E-state index is 11.5. The van der Waals surface area contributed by atoms with E-state index in [2.05, 4.69) is 6.58 Å². The van der Waals surface area contributed by atoms with Crippen LogP contribution in [0.3, 0.4) is 0 Å². The van der Waals surface area contributed by atoms with E-state index in [-0.39, 0.29) is 30.2 Å². The number of Topliss-reactive ketones (excluding diaryl/α,β-unsaturated/α-hetero) is 1. The first-order chi connectivity index (χ1) is 6.54. The summed E-state index contributed by atoms with van der Waals surface area (Å²) in [6.07, 6.45) is 3.32. The summed E-state index contributed by atoms with van der Waals surface area (Å²) < 4.78 is 4.94. The highest BCUT2D eigenvalue weighted by Gasteiger charge is 2.27. The van der Waals surface area contributed by atoms with Crippen LogP contribution >= 0.6 is 0 Å². The van der Waals surface area contributed by atoms with E-state index in [1.807, 2.05) is 6.92 Å². The Hall–Kier alpha value is -1.38. The van der Waals surface area contributed by atoms with Crippen LogP contribution in [0.15, 0.2) is 24.3 Å². The molecule has 0 amide bonds. The Labute approximate surface area is 83.4 Å². The predicted octanol–water partition coefficient (Wildman–Crippen LogP) is 1.64. The van der Waals surface area contributed by atoms with Gasteiger partial charge in [-0.1, -0.05) is 13.0 Å². The number of rotatable bonds is 3. The molecule has 3 nitrogen and oxygen atoms in total. The van der Waals surface area contributed by atoms with E-state index in [1.54, 1.807) is 12.2 Å². The molecule has 0 N–H and O–H groups in total. The van der Waals surface area contributed by atoms with Gasteiger partial charge in [-0.3, -0.25) is 9.59 Å². The minimum atomic E-state index is -0.377. The second-order valence-electron chi connectivity index (χ2n) is 3.42. The van der Waals surface area contributed by atoms with E-state index in [4.69, 9.17) is 4.74 Å². The molecule has 76 valence electrons. The first-order valence-corrected chi connectivity index (χ1v) is 4.59. The van der Waals surface area contributed by atoms with Crippen molar-refractivity contribution >= 4 is 11.8 Å². The molecule has 0 spiro atoms. The molecule has 0 bridgehead atoms. The zero-order valence-corrected chi connectivity index (χ0v) is 8.45. The van der Waals surface area contributed by atoms with Crippen LogP contribution in [0.5, 0.6) is 0 Å². The van der Waals surface area contributed by atoms with Crippen LogP contribution < -0.4 is 0 Å². The van der Waals surface area contributed by atoms with Crippen LogP contribution in [0.1, 0.15) is 20.3 Å². The second kappa shape index (κ2) is 4.22. The van der Waals surface area contributed by atoms with Crippen LogP contribution in [0.25, 0.3) is 0 Å². The smallest absolute Gasteiger partial charge is 0.303 e. The normalized spacial score (nSPS) is 22.9. The fraction of sp³-hybridized carbons (Fsp3) is 0.455. The van der Waals surface area contributed by atoms with Crippen molar-refractivity contribution in [3.05, 3.63) is 24.3 Å². The third-order valence-corrected chi connectivity index (χ3v) is 2.24. The van der Waals surface area contributed by atoms with Crippen molar-refractivity contribution < 1.29 is 14.3 Å². The van der Waals surface area contributed by atoms with Gasteiger partial charge < -0.3 is 4.74 Å². The zero-order chi connectivity index (χ0) is 10.7. The van der Waals surface area contributed by atoms with Gasteiger partial charge in [0.2, 0.25) is 0 Å². The highest BCUT2D eigenvalue weighted by Crippen LogP contribution is 2.24. The highest BCUT2D eigenvalue weighted by atomic mass is 16.5. The summed E-state index contributed by atoms with van der Waals surface area (Å²) in [5, 5.41) is 0. The molecule has 0 fully saturated rings. The van der Waals surface area contributed by atoms with Gasteiger partial charge in [-0.05, 0) is 6.08 Å². The van der Waals surface area contributed by atoms with Crippen LogP contribution in [0, 0.1) is 5.92 Å². The number of hydrogen-bond donors (Lipinski definition) is 0. The molecule has 14 heavy (non-hydrogen) atoms. The van der Waals surface area contributed by atoms with Gasteiger partial charge in [-0.25, -0.2) is 0 Å². The van der Waals surface area contributed by atoms with Crippen molar-refractivity contribution in [3.8, 4) is 0 Å². The van der Waals surface area contributed by atoms with Crippen molar-refractivity contribution in [1.29, 1.82) is 0 Å². The topological polar surface area (TPSA) is 43.4 Å². The molecule has 1 aliphatic rings. The van der Waals surface area contributed by atoms with Gasteiger partial charge in [0.25, 0.3) is 0 Å². The van der Waals surface area contributed by atoms with Crippen molar-refractivity contribution in [1.82, 2.24) is 0 Å².